The maximum Gasteiger partial charge on any atom is 0.326 e. The molecule has 4 aliphatic rings. The van der Waals surface area contributed by atoms with Gasteiger partial charge in [-0.2, -0.15) is 0 Å². The number of hydrogen-bond donors (Lipinski definition) is 4. The fraction of sp³-hybridized carbons (Fsp3) is 0.750. The van der Waals surface area contributed by atoms with Crippen LogP contribution >= 0.6 is 0 Å². The second-order valence-electron chi connectivity index (χ2n) is 13.2. The third-order valence-electron chi connectivity index (χ3n) is 11.0. The maximum absolute atomic E-state index is 12.4. The van der Waals surface area contributed by atoms with Gasteiger partial charge >= 0.3 is 5.97 Å². The zero-order valence-electron chi connectivity index (χ0n) is 25.0. The molecule has 0 heterocycles. The number of nitrogens with one attached hydrogen (secondary N) is 2. The lowest BCUT2D eigenvalue weighted by atomic mass is 9.46. The van der Waals surface area contributed by atoms with E-state index in [1.807, 2.05) is 6.92 Å². The van der Waals surface area contributed by atoms with Crippen molar-refractivity contribution in [3.8, 4) is 12.3 Å². The zero-order valence-corrected chi connectivity index (χ0v) is 25.0. The average molecular weight is 570 g/mol. The van der Waals surface area contributed by atoms with Crippen molar-refractivity contribution in [2.45, 2.75) is 116 Å². The molecule has 0 saturated heterocycles. The van der Waals surface area contributed by atoms with E-state index < -0.39 is 35.5 Å². The number of oxime groups is 1. The minimum Gasteiger partial charge on any atom is -0.480 e. The zero-order chi connectivity index (χ0) is 30.0. The number of aliphatic carboxylic acids is 1. The van der Waals surface area contributed by atoms with Gasteiger partial charge in [0.1, 0.15) is 17.7 Å². The highest BCUT2D eigenvalue weighted by molar-refractivity contribution is 5.96. The number of carbonyl (C=O) groups is 3. The maximum atomic E-state index is 12.4. The summed E-state index contributed by atoms with van der Waals surface area (Å²) >= 11 is 0. The van der Waals surface area contributed by atoms with Gasteiger partial charge in [0.2, 0.25) is 5.91 Å². The second-order valence-corrected chi connectivity index (χ2v) is 13.2. The van der Waals surface area contributed by atoms with Crippen molar-refractivity contribution in [3.05, 3.63) is 11.6 Å². The Bertz CT molecular complexity index is 1140. The minimum atomic E-state index is -1.09. The highest BCUT2D eigenvalue weighted by atomic mass is 16.6. The standard InChI is InChI=1S/C32H47N3O6/c1-6-8-9-26(29(38)39)34-28(37)20(3)33-27(36)19-41-35-22-12-15-30(4)21(18-22)10-11-23-24(30)13-16-31(5)25(23)14-17-32(31,40)7-2/h2,18,20,23-26,40H,6,8-17,19H2,1,3-5H3,(H,33,36)(H,34,37)(H,38,39)/b35-22+/t20-,23-,24+,25-,26-,30+,31+,32-/m1/s1. The van der Waals surface area contributed by atoms with Crippen LogP contribution in [-0.4, -0.2) is 58.0 Å². The number of carboxylic acids is 1. The number of rotatable bonds is 10. The van der Waals surface area contributed by atoms with Gasteiger partial charge in [-0.1, -0.05) is 50.3 Å². The number of allylic oxidation sites excluding steroid dienone is 2. The van der Waals surface area contributed by atoms with Gasteiger partial charge in [-0.25, -0.2) is 4.79 Å². The van der Waals surface area contributed by atoms with Crippen LogP contribution in [-0.2, 0) is 19.2 Å². The van der Waals surface area contributed by atoms with Gasteiger partial charge in [0.15, 0.2) is 6.61 Å². The summed E-state index contributed by atoms with van der Waals surface area (Å²) in [5.74, 6) is 2.19. The van der Waals surface area contributed by atoms with E-state index in [-0.39, 0.29) is 17.4 Å². The van der Waals surface area contributed by atoms with E-state index in [2.05, 4.69) is 41.6 Å². The topological polar surface area (TPSA) is 137 Å². The fourth-order valence-corrected chi connectivity index (χ4v) is 8.38. The van der Waals surface area contributed by atoms with E-state index in [0.29, 0.717) is 37.0 Å². The molecule has 41 heavy (non-hydrogen) atoms. The number of hydrogen-bond acceptors (Lipinski definition) is 6. The van der Waals surface area contributed by atoms with E-state index in [1.165, 1.54) is 12.5 Å². The molecular formula is C32H47N3O6. The monoisotopic (exact) mass is 569 g/mol. The summed E-state index contributed by atoms with van der Waals surface area (Å²) in [5.41, 5.74) is 1.10. The van der Waals surface area contributed by atoms with Gasteiger partial charge in [0.25, 0.3) is 5.91 Å². The van der Waals surface area contributed by atoms with Crippen molar-refractivity contribution < 1.29 is 29.4 Å². The van der Waals surface area contributed by atoms with Gasteiger partial charge < -0.3 is 25.7 Å². The van der Waals surface area contributed by atoms with Crippen molar-refractivity contribution in [1.29, 1.82) is 0 Å². The first-order valence-corrected chi connectivity index (χ1v) is 15.3. The molecule has 4 N–H and O–H groups in total. The lowest BCUT2D eigenvalue weighted by Gasteiger charge is -2.58. The number of unbranched alkanes of at least 4 members (excludes halogenated alkanes) is 1. The second kappa shape index (κ2) is 12.2. The summed E-state index contributed by atoms with van der Waals surface area (Å²) in [5, 5.41) is 29.8. The van der Waals surface area contributed by atoms with E-state index >= 15 is 0 Å². The van der Waals surface area contributed by atoms with E-state index in [1.54, 1.807) is 0 Å². The number of nitrogens with zero attached hydrogens (tertiary/aromatic N) is 1. The summed E-state index contributed by atoms with van der Waals surface area (Å²) in [6.07, 6.45) is 17.3. The van der Waals surface area contributed by atoms with Crippen LogP contribution in [0, 0.1) is 40.9 Å². The first-order valence-electron chi connectivity index (χ1n) is 15.3. The van der Waals surface area contributed by atoms with Crippen molar-refractivity contribution in [2.75, 3.05) is 6.61 Å². The van der Waals surface area contributed by atoms with Crippen molar-refractivity contribution in [2.24, 2.45) is 33.7 Å². The van der Waals surface area contributed by atoms with E-state index in [9.17, 15) is 24.6 Å². The summed E-state index contributed by atoms with van der Waals surface area (Å²) in [7, 11) is 0. The molecule has 0 aromatic carbocycles. The van der Waals surface area contributed by atoms with Gasteiger partial charge in [0, 0.05) is 5.41 Å². The quantitative estimate of drug-likeness (QED) is 0.232. The van der Waals surface area contributed by atoms with Gasteiger partial charge in [-0.05, 0) is 94.0 Å². The molecule has 0 aromatic heterocycles. The number of aliphatic hydroxyl groups is 1. The molecular weight excluding hydrogens is 522 g/mol. The Labute approximate surface area is 243 Å². The molecule has 4 aliphatic carbocycles. The molecule has 226 valence electrons. The van der Waals surface area contributed by atoms with E-state index in [4.69, 9.17) is 11.3 Å². The number of terminal acetylenes is 1. The van der Waals surface area contributed by atoms with Crippen LogP contribution in [0.3, 0.4) is 0 Å². The Morgan fingerprint density at radius 2 is 1.88 bits per heavy atom. The highest BCUT2D eigenvalue weighted by Crippen LogP contribution is 2.67. The highest BCUT2D eigenvalue weighted by Gasteiger charge is 2.63. The fourth-order valence-electron chi connectivity index (χ4n) is 8.38. The lowest BCUT2D eigenvalue weighted by molar-refractivity contribution is -0.142. The molecule has 0 aliphatic heterocycles. The molecule has 2 amide bonds. The van der Waals surface area contributed by atoms with Crippen LogP contribution in [0.2, 0.25) is 0 Å². The summed E-state index contributed by atoms with van der Waals surface area (Å²) in [6, 6.07) is -1.88. The van der Waals surface area contributed by atoms with Gasteiger partial charge in [0.05, 0.1) is 5.71 Å². The molecule has 0 bridgehead atoms. The normalized spacial score (nSPS) is 36.4. The molecule has 9 heteroatoms. The molecule has 0 spiro atoms. The summed E-state index contributed by atoms with van der Waals surface area (Å²) in [6.45, 7) is 7.72. The number of carboxylic acid groups (broad SMARTS) is 1. The van der Waals surface area contributed by atoms with Crippen molar-refractivity contribution >= 4 is 23.5 Å². The first kappa shape index (κ1) is 31.1. The Morgan fingerprint density at radius 3 is 2.56 bits per heavy atom. The Kier molecular flexibility index (Phi) is 9.22. The van der Waals surface area contributed by atoms with E-state index in [0.717, 1.165) is 57.1 Å². The molecule has 0 unspecified atom stereocenters. The predicted molar refractivity (Wildman–Crippen MR) is 156 cm³/mol. The van der Waals surface area contributed by atoms with Crippen LogP contribution in [0.15, 0.2) is 16.8 Å². The molecule has 3 saturated carbocycles. The molecule has 8 atom stereocenters. The van der Waals surface area contributed by atoms with Gasteiger partial charge in [-0.3, -0.25) is 9.59 Å². The van der Waals surface area contributed by atoms with Crippen LogP contribution in [0.4, 0.5) is 0 Å². The third kappa shape index (κ3) is 5.90. The Hall–Kier alpha value is -2.86. The number of carbonyl (C=O) groups excluding carboxylic acids is 2. The molecule has 4 rings (SSSR count). The van der Waals surface area contributed by atoms with Crippen LogP contribution in [0.1, 0.15) is 98.3 Å². The number of amides is 2. The average Bonchev–Trinajstić information content (AvgIpc) is 3.21. The van der Waals surface area contributed by atoms with Crippen molar-refractivity contribution in [3.63, 3.8) is 0 Å². The predicted octanol–water partition coefficient (Wildman–Crippen LogP) is 3.95. The Morgan fingerprint density at radius 1 is 1.15 bits per heavy atom. The smallest absolute Gasteiger partial charge is 0.326 e. The Balaban J connectivity index is 1.31. The summed E-state index contributed by atoms with van der Waals surface area (Å²) < 4.78 is 0. The third-order valence-corrected chi connectivity index (χ3v) is 11.0. The SMILES string of the molecule is C#C[C@@]1(O)CC[C@@H]2[C@@H]3CCC4=C/C(=N/OCC(=O)N[C@H](C)C(=O)N[C@H](CCCC)C(=O)O)CC[C@]4(C)[C@H]3CC[C@@]21C. The molecule has 3 fully saturated rings. The minimum absolute atomic E-state index is 0.0885. The first-order chi connectivity index (χ1) is 19.4. The van der Waals surface area contributed by atoms with Crippen molar-refractivity contribution in [1.82, 2.24) is 10.6 Å². The lowest BCUT2D eigenvalue weighted by Crippen LogP contribution is -2.54. The molecule has 0 aromatic rings. The molecule has 0 radical (unpaired) electrons. The van der Waals surface area contributed by atoms with Crippen LogP contribution < -0.4 is 10.6 Å². The van der Waals surface area contributed by atoms with Crippen LogP contribution in [0.5, 0.6) is 0 Å². The van der Waals surface area contributed by atoms with Gasteiger partial charge in [-0.15, -0.1) is 6.42 Å². The molecule has 9 nitrogen and oxygen atoms in total. The number of fused-ring (bicyclic) bond motifs is 5. The summed E-state index contributed by atoms with van der Waals surface area (Å²) in [4.78, 5) is 41.5. The van der Waals surface area contributed by atoms with Crippen LogP contribution in [0.25, 0.3) is 0 Å². The largest absolute Gasteiger partial charge is 0.480 e.